The molecular weight excluding hydrogens is 1130 g/mol. The van der Waals surface area contributed by atoms with Crippen molar-refractivity contribution in [1.29, 1.82) is 0 Å². The molecule has 26 heteroatoms. The van der Waals surface area contributed by atoms with Crippen molar-refractivity contribution in [3.8, 4) is 0 Å². The van der Waals surface area contributed by atoms with Gasteiger partial charge in [-0.05, 0) is 68.4 Å². The molecule has 0 aromatic heterocycles. The third kappa shape index (κ3) is 33.2. The molecule has 2 aromatic carbocycles. The first-order chi connectivity index (χ1) is 36.8. The molecule has 4 aliphatic heterocycles. The van der Waals surface area contributed by atoms with Crippen LogP contribution in [0.3, 0.4) is 0 Å². The molecule has 2 atom stereocenters. The smallest absolute Gasteiger partial charge is 0.870 e. The number of aliphatic imine (C=N–C) groups is 3. The van der Waals surface area contributed by atoms with Crippen molar-refractivity contribution >= 4 is 116 Å². The van der Waals surface area contributed by atoms with E-state index in [9.17, 15) is 24.3 Å². The maximum Gasteiger partial charge on any atom is 1.00 e. The number of hydrogen-bond acceptors (Lipinski definition) is 17. The Bertz CT molecular complexity index is 2100. The predicted octanol–water partition coefficient (Wildman–Crippen LogP) is 6.71. The van der Waals surface area contributed by atoms with Crippen LogP contribution in [0.2, 0.25) is 20.1 Å². The van der Waals surface area contributed by atoms with Crippen LogP contribution < -0.4 is 40.5 Å². The first kappa shape index (κ1) is 74.4. The largest absolute Gasteiger partial charge is 1.00 e. The molecule has 0 spiro atoms. The fourth-order valence-corrected chi connectivity index (χ4v) is 9.15. The SMILES string of the molecule is COC(=O)[C@H](CCCCCCCCCC1=NCCO1)NC(=O)c1c(Cl)cccc1Cl.CSC1=NCCO1.NCCO.O=C(N[C@@H](CCCCCCCCCC1=NCCO1)C(=O)O)c1c(Cl)cccc1Cl.S=C1NCCO1.[Li+].[OH-]. The summed E-state index contributed by atoms with van der Waals surface area (Å²) in [7, 11) is 1.31. The number of aliphatic hydroxyl groups excluding tert-OH is 1. The maximum atomic E-state index is 12.5. The molecule has 78 heavy (non-hydrogen) atoms. The number of unbranched alkanes of at least 4 members (excludes halogenated alkanes) is 12. The molecule has 2 amide bonds. The summed E-state index contributed by atoms with van der Waals surface area (Å²) in [5.41, 5.74) is 5.06. The average Bonchev–Trinajstić information content (AvgIpc) is 4.28. The minimum absolute atomic E-state index is 0. The van der Waals surface area contributed by atoms with Gasteiger partial charge in [-0.3, -0.25) is 19.6 Å². The molecule has 6 rings (SSSR count). The second-order valence-electron chi connectivity index (χ2n) is 17.2. The zero-order chi connectivity index (χ0) is 55.8. The van der Waals surface area contributed by atoms with Crippen LogP contribution in [0, 0.1) is 0 Å². The average molecular weight is 1210 g/mol. The Kier molecular flexibility index (Phi) is 44.9. The molecule has 0 aliphatic carbocycles. The zero-order valence-electron chi connectivity index (χ0n) is 45.2. The monoisotopic (exact) mass is 1200 g/mol. The van der Waals surface area contributed by atoms with Crippen LogP contribution >= 0.6 is 70.4 Å². The van der Waals surface area contributed by atoms with E-state index >= 15 is 0 Å². The molecule has 0 radical (unpaired) electrons. The molecule has 2 aromatic rings. The molecule has 1 fully saturated rings. The number of nitrogens with zero attached hydrogens (tertiary/aromatic N) is 3. The number of aliphatic carboxylic acids is 1. The molecule has 434 valence electrons. The first-order valence-electron chi connectivity index (χ1n) is 25.8. The topological polar surface area (TPSA) is 284 Å². The van der Waals surface area contributed by atoms with E-state index in [-0.39, 0.29) is 62.2 Å². The quantitative estimate of drug-likeness (QED) is 0.0235. The predicted molar refractivity (Wildman–Crippen MR) is 311 cm³/mol. The third-order valence-electron chi connectivity index (χ3n) is 11.3. The summed E-state index contributed by atoms with van der Waals surface area (Å²) in [6.45, 7) is 6.74. The number of benzene rings is 2. The summed E-state index contributed by atoms with van der Waals surface area (Å²) >= 11 is 30.3. The number of thioether (sulfide) groups is 1. The van der Waals surface area contributed by atoms with Gasteiger partial charge in [0.25, 0.3) is 17.0 Å². The molecule has 4 aliphatic rings. The number of methoxy groups -OCH3 is 1. The summed E-state index contributed by atoms with van der Waals surface area (Å²) in [4.78, 5) is 61.1. The van der Waals surface area contributed by atoms with E-state index in [0.29, 0.717) is 24.6 Å². The Morgan fingerprint density at radius 1 is 0.679 bits per heavy atom. The van der Waals surface area contributed by atoms with E-state index in [0.717, 1.165) is 160 Å². The molecule has 0 saturated carbocycles. The minimum Gasteiger partial charge on any atom is -0.870 e. The fourth-order valence-electron chi connectivity index (χ4n) is 7.40. The summed E-state index contributed by atoms with van der Waals surface area (Å²) in [6.07, 6.45) is 19.5. The van der Waals surface area contributed by atoms with Crippen LogP contribution in [-0.2, 0) is 33.3 Å². The van der Waals surface area contributed by atoms with Crippen molar-refractivity contribution in [3.05, 3.63) is 67.6 Å². The second-order valence-corrected chi connectivity index (χ2v) is 19.9. The van der Waals surface area contributed by atoms with Gasteiger partial charge in [0.1, 0.15) is 38.5 Å². The van der Waals surface area contributed by atoms with Crippen molar-refractivity contribution in [2.75, 3.05) is 79.1 Å². The van der Waals surface area contributed by atoms with Crippen LogP contribution in [0.5, 0.6) is 0 Å². The number of carbonyl (C=O) groups excluding carboxylic acids is 3. The van der Waals surface area contributed by atoms with E-state index in [4.69, 9.17) is 80.9 Å². The normalized spacial score (nSPS) is 14.3. The molecule has 19 nitrogen and oxygen atoms in total. The number of ether oxygens (including phenoxy) is 5. The Balaban J connectivity index is 0.00000114. The van der Waals surface area contributed by atoms with E-state index in [2.05, 4.69) is 43.1 Å². The Hall–Kier alpha value is -3.59. The number of nitrogens with two attached hydrogens (primary N) is 1. The molecule has 0 bridgehead atoms. The molecule has 8 N–H and O–H groups in total. The van der Waals surface area contributed by atoms with Gasteiger partial charge in [0.2, 0.25) is 5.23 Å². The summed E-state index contributed by atoms with van der Waals surface area (Å²) in [6, 6.07) is 7.89. The van der Waals surface area contributed by atoms with Gasteiger partial charge < -0.3 is 61.1 Å². The van der Waals surface area contributed by atoms with Gasteiger partial charge in [-0.25, -0.2) is 14.6 Å². The molecule has 4 heterocycles. The Labute approximate surface area is 501 Å². The minimum atomic E-state index is -1.06. The summed E-state index contributed by atoms with van der Waals surface area (Å²) < 4.78 is 25.4. The second kappa shape index (κ2) is 47.1. The van der Waals surface area contributed by atoms with Crippen molar-refractivity contribution in [3.63, 3.8) is 0 Å². The van der Waals surface area contributed by atoms with E-state index < -0.39 is 35.8 Å². The third-order valence-corrected chi connectivity index (χ3v) is 13.4. The Morgan fingerprint density at radius 2 is 1.08 bits per heavy atom. The first-order valence-corrected chi connectivity index (χ1v) is 29.0. The number of nitrogens with one attached hydrogen (secondary N) is 3. The van der Waals surface area contributed by atoms with Gasteiger partial charge in [0.15, 0.2) is 11.8 Å². The number of halogens is 4. The number of thiocarbonyl (C=S) groups is 1. The van der Waals surface area contributed by atoms with E-state index in [1.165, 1.54) is 20.0 Å². The molecule has 0 unspecified atom stereocenters. The fraction of sp³-hybridized carbons (Fsp3) is 0.615. The van der Waals surface area contributed by atoms with Gasteiger partial charge in [-0.15, -0.1) is 0 Å². The van der Waals surface area contributed by atoms with Crippen molar-refractivity contribution in [2.45, 2.75) is 128 Å². The van der Waals surface area contributed by atoms with Gasteiger partial charge in [-0.1, -0.05) is 147 Å². The van der Waals surface area contributed by atoms with Crippen LogP contribution in [-0.4, -0.2) is 153 Å². The number of carboxylic acid groups (broad SMARTS) is 1. The van der Waals surface area contributed by atoms with Crippen LogP contribution in [0.4, 0.5) is 0 Å². The van der Waals surface area contributed by atoms with Gasteiger partial charge in [-0.2, -0.15) is 0 Å². The van der Waals surface area contributed by atoms with E-state index in [1.807, 2.05) is 6.26 Å². The summed E-state index contributed by atoms with van der Waals surface area (Å²) in [5, 5.41) is 27.5. The standard InChI is InChI=1S/C22H30Cl2N2O4.C21H28Cl2N2O4.C4H7NOS.C3H5NOS.C2H7NO.Li.H2O/c1-29-22(28)18(26-21(27)20-16(23)10-9-11-17(20)24)12-7-5-3-2-4-6-8-13-19-25-14-15-30-19;22-15-9-8-10-16(23)19(15)20(26)25-17(21(27)28)11-6-4-2-1-3-5-7-12-18-24-13-14-29-18;1-7-4-5-2-3-6-4;6-3-4-1-2-5-3;3-1-2-4;;/h9-11,18H,2-8,12-15H2,1H3,(H,26,27);8-10,17H,1-7,11-14H2,(H,25,26)(H,27,28);2-3H2,1H3;1-2H2,(H,4,6);4H,1-3H2;;1H2/q;;;;;+1;/p-1/t18-;17-;;;;;/m00...../s1. The van der Waals surface area contributed by atoms with Gasteiger partial charge in [0.05, 0.1) is 71.1 Å². The number of rotatable bonds is 27. The summed E-state index contributed by atoms with van der Waals surface area (Å²) in [5.74, 6) is -0.767. The van der Waals surface area contributed by atoms with Crippen molar-refractivity contribution in [1.82, 2.24) is 16.0 Å². The molecule has 1 saturated heterocycles. The van der Waals surface area contributed by atoms with Gasteiger partial charge >= 0.3 is 30.8 Å². The maximum absolute atomic E-state index is 12.5. The zero-order valence-corrected chi connectivity index (χ0v) is 49.8. The molecular formula is C52H78Cl4LiN7O12S2. The number of hydrogen-bond donors (Lipinski definition) is 6. The van der Waals surface area contributed by atoms with Crippen molar-refractivity contribution < 1.29 is 77.4 Å². The van der Waals surface area contributed by atoms with E-state index in [1.54, 1.807) is 48.2 Å². The number of esters is 1. The number of aliphatic hydroxyl groups is 1. The van der Waals surface area contributed by atoms with Gasteiger partial charge in [0, 0.05) is 19.4 Å². The number of amides is 2. The Morgan fingerprint density at radius 3 is 1.38 bits per heavy atom. The number of carboxylic acids is 1. The van der Waals surface area contributed by atoms with Crippen LogP contribution in [0.1, 0.15) is 136 Å². The number of carbonyl (C=O) groups is 4. The van der Waals surface area contributed by atoms with Crippen LogP contribution in [0.25, 0.3) is 0 Å². The van der Waals surface area contributed by atoms with Crippen LogP contribution in [0.15, 0.2) is 51.4 Å². The van der Waals surface area contributed by atoms with Crippen molar-refractivity contribution in [2.24, 2.45) is 20.7 Å².